The molecular formula is C28H27F3N6O2. The lowest BCUT2D eigenvalue weighted by atomic mass is 9.88. The predicted molar refractivity (Wildman–Crippen MR) is 140 cm³/mol. The Kier molecular flexibility index (Phi) is 6.53. The van der Waals surface area contributed by atoms with Crippen LogP contribution in [-0.2, 0) is 6.54 Å². The van der Waals surface area contributed by atoms with Gasteiger partial charge in [-0.15, -0.1) is 0 Å². The summed E-state index contributed by atoms with van der Waals surface area (Å²) in [6.07, 6.45) is -2.17. The van der Waals surface area contributed by atoms with Crippen molar-refractivity contribution in [2.75, 3.05) is 12.3 Å². The standard InChI is InChI=1S/C28H27F3N6O2/c1-14-9-20(22-11-34-26(38)21-10-33-13-35-27(21)39-22)23(15(2)25(14)32)18-5-7-19(8-6-18)24-16(3)36-37(17(24)4)12-28(29,30)31/h5-10,13,22H,11-12,32H2,1-4H3,(H,34,38). The van der Waals surface area contributed by atoms with E-state index in [0.717, 1.165) is 38.1 Å². The summed E-state index contributed by atoms with van der Waals surface area (Å²) in [5.41, 5.74) is 13.9. The maximum absolute atomic E-state index is 13.0. The number of nitrogens with zero attached hydrogens (tertiary/aromatic N) is 4. The van der Waals surface area contributed by atoms with Gasteiger partial charge in [-0.2, -0.15) is 18.3 Å². The summed E-state index contributed by atoms with van der Waals surface area (Å²) < 4.78 is 46.2. The van der Waals surface area contributed by atoms with Crippen LogP contribution in [0.25, 0.3) is 22.3 Å². The van der Waals surface area contributed by atoms with Gasteiger partial charge in [0.25, 0.3) is 5.91 Å². The van der Waals surface area contributed by atoms with E-state index in [1.165, 1.54) is 12.5 Å². The van der Waals surface area contributed by atoms with Crippen molar-refractivity contribution >= 4 is 11.6 Å². The van der Waals surface area contributed by atoms with Gasteiger partial charge in [-0.1, -0.05) is 24.3 Å². The molecule has 11 heteroatoms. The minimum Gasteiger partial charge on any atom is -0.467 e. The second-order valence-electron chi connectivity index (χ2n) is 9.65. The number of fused-ring (bicyclic) bond motifs is 1. The van der Waals surface area contributed by atoms with E-state index in [9.17, 15) is 18.0 Å². The minimum atomic E-state index is -4.37. The molecule has 3 N–H and O–H groups in total. The molecule has 1 unspecified atom stereocenters. The number of rotatable bonds is 4. The van der Waals surface area contributed by atoms with Crippen molar-refractivity contribution in [3.05, 3.63) is 76.5 Å². The molecule has 1 aliphatic rings. The van der Waals surface area contributed by atoms with E-state index >= 15 is 0 Å². The topological polar surface area (TPSA) is 108 Å². The first-order valence-corrected chi connectivity index (χ1v) is 12.3. The van der Waals surface area contributed by atoms with Gasteiger partial charge in [-0.25, -0.2) is 9.97 Å². The van der Waals surface area contributed by atoms with Crippen LogP contribution in [0.4, 0.5) is 18.9 Å². The van der Waals surface area contributed by atoms with E-state index in [4.69, 9.17) is 10.5 Å². The molecule has 1 amide bonds. The highest BCUT2D eigenvalue weighted by atomic mass is 19.4. The van der Waals surface area contributed by atoms with Crippen LogP contribution in [0.3, 0.4) is 0 Å². The number of nitrogens with two attached hydrogens (primary N) is 1. The Hall–Kier alpha value is -4.41. The molecule has 202 valence electrons. The molecule has 0 radical (unpaired) electrons. The quantitative estimate of drug-likeness (QED) is 0.345. The summed E-state index contributed by atoms with van der Waals surface area (Å²) in [7, 11) is 0. The van der Waals surface area contributed by atoms with Crippen LogP contribution in [0.1, 0.15) is 44.5 Å². The first kappa shape index (κ1) is 26.2. The van der Waals surface area contributed by atoms with Crippen LogP contribution in [-0.4, -0.2) is 38.4 Å². The number of carbonyl (C=O) groups excluding carboxylic acids is 1. The highest BCUT2D eigenvalue weighted by molar-refractivity contribution is 5.96. The molecule has 0 fully saturated rings. The third-order valence-corrected chi connectivity index (χ3v) is 7.01. The lowest BCUT2D eigenvalue weighted by Gasteiger charge is -2.24. The number of nitrogens with one attached hydrogen (secondary N) is 1. The van der Waals surface area contributed by atoms with Crippen LogP contribution in [0.5, 0.6) is 5.88 Å². The number of ether oxygens (including phenoxy) is 1. The van der Waals surface area contributed by atoms with E-state index in [-0.39, 0.29) is 23.9 Å². The molecular weight excluding hydrogens is 509 g/mol. The average Bonchev–Trinajstić information content (AvgIpc) is 3.04. The van der Waals surface area contributed by atoms with Gasteiger partial charge in [0.15, 0.2) is 0 Å². The summed E-state index contributed by atoms with van der Waals surface area (Å²) in [5, 5.41) is 6.99. The Morgan fingerprint density at radius 2 is 1.77 bits per heavy atom. The summed E-state index contributed by atoms with van der Waals surface area (Å²) in [6.45, 7) is 6.24. The normalized spacial score (nSPS) is 15.4. The van der Waals surface area contributed by atoms with E-state index in [0.29, 0.717) is 22.6 Å². The molecule has 0 bridgehead atoms. The van der Waals surface area contributed by atoms with E-state index < -0.39 is 18.8 Å². The number of alkyl halides is 3. The fourth-order valence-electron chi connectivity index (χ4n) is 5.11. The van der Waals surface area contributed by atoms with E-state index in [1.807, 2.05) is 44.2 Å². The summed E-state index contributed by atoms with van der Waals surface area (Å²) in [5.74, 6) is -0.125. The minimum absolute atomic E-state index is 0.195. The van der Waals surface area contributed by atoms with Gasteiger partial charge in [-0.05, 0) is 61.6 Å². The lowest BCUT2D eigenvalue weighted by molar-refractivity contribution is -0.142. The number of aromatic nitrogens is 4. The number of nitrogen functional groups attached to an aromatic ring is 1. The molecule has 2 aromatic carbocycles. The Bertz CT molecular complexity index is 1580. The van der Waals surface area contributed by atoms with Crippen molar-refractivity contribution in [3.63, 3.8) is 0 Å². The molecule has 0 saturated carbocycles. The van der Waals surface area contributed by atoms with Crippen LogP contribution < -0.4 is 15.8 Å². The lowest BCUT2D eigenvalue weighted by Crippen LogP contribution is -2.27. The first-order valence-electron chi connectivity index (χ1n) is 12.3. The van der Waals surface area contributed by atoms with Crippen molar-refractivity contribution < 1.29 is 22.7 Å². The van der Waals surface area contributed by atoms with Crippen molar-refractivity contribution in [3.8, 4) is 28.1 Å². The number of anilines is 1. The third-order valence-electron chi connectivity index (χ3n) is 7.01. The third kappa shape index (κ3) is 4.91. The summed E-state index contributed by atoms with van der Waals surface area (Å²) >= 11 is 0. The number of amides is 1. The van der Waals surface area contributed by atoms with Crippen LogP contribution in [0, 0.1) is 27.7 Å². The highest BCUT2D eigenvalue weighted by Crippen LogP contribution is 2.40. The molecule has 8 nitrogen and oxygen atoms in total. The van der Waals surface area contributed by atoms with Crippen LogP contribution in [0.15, 0.2) is 42.9 Å². The Labute approximate surface area is 223 Å². The van der Waals surface area contributed by atoms with Crippen molar-refractivity contribution in [1.29, 1.82) is 0 Å². The maximum atomic E-state index is 13.0. The van der Waals surface area contributed by atoms with E-state index in [2.05, 4.69) is 20.4 Å². The first-order chi connectivity index (χ1) is 18.4. The average molecular weight is 537 g/mol. The highest BCUT2D eigenvalue weighted by Gasteiger charge is 2.31. The molecule has 0 spiro atoms. The Balaban J connectivity index is 1.57. The number of hydrogen-bond acceptors (Lipinski definition) is 6. The van der Waals surface area contributed by atoms with Crippen LogP contribution >= 0.6 is 0 Å². The molecule has 1 aliphatic heterocycles. The summed E-state index contributed by atoms with van der Waals surface area (Å²) in [6, 6.07) is 9.48. The van der Waals surface area contributed by atoms with E-state index in [1.54, 1.807) is 13.8 Å². The number of aryl methyl sites for hydroxylation is 2. The molecule has 0 saturated heterocycles. The van der Waals surface area contributed by atoms with Crippen LogP contribution in [0.2, 0.25) is 0 Å². The Morgan fingerprint density at radius 3 is 2.44 bits per heavy atom. The largest absolute Gasteiger partial charge is 0.467 e. The molecule has 1 atom stereocenters. The molecule has 3 heterocycles. The van der Waals surface area contributed by atoms with Gasteiger partial charge in [-0.3, -0.25) is 9.48 Å². The van der Waals surface area contributed by atoms with Crippen molar-refractivity contribution in [2.45, 2.75) is 46.5 Å². The van der Waals surface area contributed by atoms with Gasteiger partial charge >= 0.3 is 6.18 Å². The Morgan fingerprint density at radius 1 is 1.10 bits per heavy atom. The predicted octanol–water partition coefficient (Wildman–Crippen LogP) is 5.25. The van der Waals surface area contributed by atoms with Gasteiger partial charge < -0.3 is 15.8 Å². The monoisotopic (exact) mass is 536 g/mol. The number of hydrogen-bond donors (Lipinski definition) is 2. The molecule has 5 rings (SSSR count). The maximum Gasteiger partial charge on any atom is 0.408 e. The SMILES string of the molecule is Cc1cc(C2CNC(=O)c3cncnc3O2)c(-c2ccc(-c3c(C)nn(CC(F)(F)F)c3C)cc2)c(C)c1N. The number of benzene rings is 2. The second kappa shape index (κ2) is 9.72. The van der Waals surface area contributed by atoms with Gasteiger partial charge in [0.1, 0.15) is 24.5 Å². The molecule has 2 aromatic heterocycles. The molecule has 39 heavy (non-hydrogen) atoms. The van der Waals surface area contributed by atoms with Gasteiger partial charge in [0.05, 0.1) is 12.2 Å². The van der Waals surface area contributed by atoms with Crippen molar-refractivity contribution in [2.24, 2.45) is 0 Å². The fraction of sp³-hybridized carbons (Fsp3) is 0.286. The smallest absolute Gasteiger partial charge is 0.408 e. The van der Waals surface area contributed by atoms with Gasteiger partial charge in [0.2, 0.25) is 5.88 Å². The van der Waals surface area contributed by atoms with Gasteiger partial charge in [0, 0.05) is 28.7 Å². The zero-order valence-corrected chi connectivity index (χ0v) is 21.8. The second-order valence-corrected chi connectivity index (χ2v) is 9.65. The fourth-order valence-corrected chi connectivity index (χ4v) is 5.11. The zero-order valence-electron chi connectivity index (χ0n) is 21.8. The molecule has 4 aromatic rings. The zero-order chi connectivity index (χ0) is 28.1. The number of carbonyl (C=O) groups is 1. The summed E-state index contributed by atoms with van der Waals surface area (Å²) in [4.78, 5) is 20.7. The number of halogens is 3. The molecule has 0 aliphatic carbocycles. The van der Waals surface area contributed by atoms with Crippen molar-refractivity contribution in [1.82, 2.24) is 25.1 Å².